The summed E-state index contributed by atoms with van der Waals surface area (Å²) in [6, 6.07) is 0.721. The maximum atomic E-state index is 3.76. The lowest BCUT2D eigenvalue weighted by Crippen LogP contribution is -2.51. The second kappa shape index (κ2) is 4.86. The van der Waals surface area contributed by atoms with Gasteiger partial charge in [0, 0.05) is 6.04 Å². The molecule has 3 atom stereocenters. The van der Waals surface area contributed by atoms with Crippen molar-refractivity contribution in [3.05, 3.63) is 0 Å². The van der Waals surface area contributed by atoms with Gasteiger partial charge >= 0.3 is 0 Å². The SMILES string of the molecule is CC(C)C(C1NCCCC1C)C(C)(C)C. The molecule has 0 amide bonds. The first-order valence-electron chi connectivity index (χ1n) is 6.57. The Morgan fingerprint density at radius 3 is 2.20 bits per heavy atom. The van der Waals surface area contributed by atoms with E-state index in [9.17, 15) is 0 Å². The molecule has 1 N–H and O–H groups in total. The van der Waals surface area contributed by atoms with Crippen molar-refractivity contribution in [2.45, 2.75) is 60.4 Å². The molecule has 3 unspecified atom stereocenters. The highest BCUT2D eigenvalue weighted by Gasteiger charge is 2.37. The Kier molecular flexibility index (Phi) is 4.22. The molecule has 0 aromatic carbocycles. The summed E-state index contributed by atoms with van der Waals surface area (Å²) in [6.07, 6.45) is 2.75. The maximum Gasteiger partial charge on any atom is 0.0128 e. The van der Waals surface area contributed by atoms with Gasteiger partial charge < -0.3 is 5.32 Å². The van der Waals surface area contributed by atoms with Crippen LogP contribution in [-0.4, -0.2) is 12.6 Å². The van der Waals surface area contributed by atoms with Crippen molar-refractivity contribution < 1.29 is 0 Å². The van der Waals surface area contributed by atoms with Crippen molar-refractivity contribution in [3.63, 3.8) is 0 Å². The van der Waals surface area contributed by atoms with Crippen LogP contribution in [-0.2, 0) is 0 Å². The van der Waals surface area contributed by atoms with E-state index < -0.39 is 0 Å². The van der Waals surface area contributed by atoms with Crippen molar-refractivity contribution >= 4 is 0 Å². The average molecular weight is 211 g/mol. The molecule has 0 bridgehead atoms. The Hall–Kier alpha value is -0.0400. The van der Waals surface area contributed by atoms with Gasteiger partial charge in [0.05, 0.1) is 0 Å². The third kappa shape index (κ3) is 3.21. The van der Waals surface area contributed by atoms with Crippen molar-refractivity contribution in [3.8, 4) is 0 Å². The molecule has 90 valence electrons. The van der Waals surface area contributed by atoms with Crippen molar-refractivity contribution in [1.82, 2.24) is 5.32 Å². The standard InChI is InChI=1S/C14H29N/c1-10(2)12(14(4,5)6)13-11(3)8-7-9-15-13/h10-13,15H,7-9H2,1-6H3. The van der Waals surface area contributed by atoms with Gasteiger partial charge in [-0.3, -0.25) is 0 Å². The Morgan fingerprint density at radius 1 is 1.20 bits per heavy atom. The quantitative estimate of drug-likeness (QED) is 0.734. The van der Waals surface area contributed by atoms with Crippen molar-refractivity contribution in [1.29, 1.82) is 0 Å². The topological polar surface area (TPSA) is 12.0 Å². The summed E-state index contributed by atoms with van der Waals surface area (Å²) in [7, 11) is 0. The van der Waals surface area contributed by atoms with Gasteiger partial charge in [-0.1, -0.05) is 41.5 Å². The van der Waals surface area contributed by atoms with Gasteiger partial charge in [-0.05, 0) is 42.6 Å². The molecule has 0 aromatic heterocycles. The minimum absolute atomic E-state index is 0.414. The van der Waals surface area contributed by atoms with Crippen LogP contribution in [0.15, 0.2) is 0 Å². The number of hydrogen-bond acceptors (Lipinski definition) is 1. The first-order chi connectivity index (χ1) is 6.84. The zero-order valence-corrected chi connectivity index (χ0v) is 11.4. The van der Waals surface area contributed by atoms with E-state index in [0.717, 1.165) is 23.8 Å². The van der Waals surface area contributed by atoms with Gasteiger partial charge in [-0.15, -0.1) is 0 Å². The summed E-state index contributed by atoms with van der Waals surface area (Å²) >= 11 is 0. The Balaban J connectivity index is 2.78. The van der Waals surface area contributed by atoms with E-state index in [1.165, 1.54) is 19.4 Å². The highest BCUT2D eigenvalue weighted by atomic mass is 14.9. The molecule has 1 aliphatic rings. The Morgan fingerprint density at radius 2 is 1.80 bits per heavy atom. The Labute approximate surface area is 96.0 Å². The van der Waals surface area contributed by atoms with E-state index in [4.69, 9.17) is 0 Å². The minimum Gasteiger partial charge on any atom is -0.313 e. The third-order valence-corrected chi connectivity index (χ3v) is 3.93. The molecule has 15 heavy (non-hydrogen) atoms. The fraction of sp³-hybridized carbons (Fsp3) is 1.00. The average Bonchev–Trinajstić information content (AvgIpc) is 2.05. The van der Waals surface area contributed by atoms with Gasteiger partial charge in [0.1, 0.15) is 0 Å². The van der Waals surface area contributed by atoms with E-state index in [1.54, 1.807) is 0 Å². The monoisotopic (exact) mass is 211 g/mol. The summed E-state index contributed by atoms with van der Waals surface area (Å²) < 4.78 is 0. The number of rotatable bonds is 2. The van der Waals surface area contributed by atoms with Crippen LogP contribution in [0.2, 0.25) is 0 Å². The summed E-state index contributed by atoms with van der Waals surface area (Å²) in [5, 5.41) is 3.76. The third-order valence-electron chi connectivity index (χ3n) is 3.93. The van der Waals surface area contributed by atoms with Crippen molar-refractivity contribution in [2.24, 2.45) is 23.2 Å². The summed E-state index contributed by atoms with van der Waals surface area (Å²) in [4.78, 5) is 0. The van der Waals surface area contributed by atoms with E-state index in [-0.39, 0.29) is 0 Å². The first kappa shape index (κ1) is 13.0. The molecule has 1 nitrogen and oxygen atoms in total. The van der Waals surface area contributed by atoms with Gasteiger partial charge in [-0.2, -0.15) is 0 Å². The molecule has 0 aliphatic carbocycles. The molecule has 0 saturated carbocycles. The van der Waals surface area contributed by atoms with Crippen LogP contribution in [0.3, 0.4) is 0 Å². The molecule has 0 spiro atoms. The highest BCUT2D eigenvalue weighted by molar-refractivity contribution is 4.91. The van der Waals surface area contributed by atoms with E-state index >= 15 is 0 Å². The molecular formula is C14H29N. The van der Waals surface area contributed by atoms with Crippen LogP contribution in [0.1, 0.15) is 54.4 Å². The number of hydrogen-bond donors (Lipinski definition) is 1. The summed E-state index contributed by atoms with van der Waals surface area (Å²) in [5.41, 5.74) is 0.414. The molecule has 1 fully saturated rings. The smallest absolute Gasteiger partial charge is 0.0128 e. The lowest BCUT2D eigenvalue weighted by Gasteiger charge is -2.45. The zero-order valence-electron chi connectivity index (χ0n) is 11.4. The fourth-order valence-electron chi connectivity index (χ4n) is 3.51. The van der Waals surface area contributed by atoms with Crippen LogP contribution in [0, 0.1) is 23.2 Å². The summed E-state index contributed by atoms with van der Waals surface area (Å²) in [5.74, 6) is 2.39. The van der Waals surface area contributed by atoms with E-state index in [1.807, 2.05) is 0 Å². The van der Waals surface area contributed by atoms with Crippen LogP contribution < -0.4 is 5.32 Å². The van der Waals surface area contributed by atoms with Crippen LogP contribution in [0.5, 0.6) is 0 Å². The lowest BCUT2D eigenvalue weighted by molar-refractivity contribution is 0.0818. The van der Waals surface area contributed by atoms with Crippen LogP contribution in [0.4, 0.5) is 0 Å². The Bertz CT molecular complexity index is 190. The van der Waals surface area contributed by atoms with Crippen LogP contribution >= 0.6 is 0 Å². The van der Waals surface area contributed by atoms with Gasteiger partial charge in [0.2, 0.25) is 0 Å². The second-order valence-electron chi connectivity index (χ2n) is 6.74. The molecule has 1 rings (SSSR count). The van der Waals surface area contributed by atoms with Gasteiger partial charge in [-0.25, -0.2) is 0 Å². The molecule has 0 aromatic rings. The number of piperidine rings is 1. The maximum absolute atomic E-state index is 3.76. The molecule has 1 aliphatic heterocycles. The molecule has 1 saturated heterocycles. The highest BCUT2D eigenvalue weighted by Crippen LogP contribution is 2.38. The molecule has 1 heterocycles. The normalized spacial score (nSPS) is 30.6. The van der Waals surface area contributed by atoms with Crippen molar-refractivity contribution in [2.75, 3.05) is 6.54 Å². The predicted molar refractivity (Wildman–Crippen MR) is 68.0 cm³/mol. The van der Waals surface area contributed by atoms with E-state index in [2.05, 4.69) is 46.9 Å². The second-order valence-corrected chi connectivity index (χ2v) is 6.74. The summed E-state index contributed by atoms with van der Waals surface area (Å²) in [6.45, 7) is 15.5. The molecular weight excluding hydrogens is 182 g/mol. The minimum atomic E-state index is 0.414. The number of nitrogens with one attached hydrogen (secondary N) is 1. The van der Waals surface area contributed by atoms with Gasteiger partial charge in [0.25, 0.3) is 0 Å². The first-order valence-corrected chi connectivity index (χ1v) is 6.57. The zero-order chi connectivity index (χ0) is 11.6. The van der Waals surface area contributed by atoms with Crippen LogP contribution in [0.25, 0.3) is 0 Å². The fourth-order valence-corrected chi connectivity index (χ4v) is 3.51. The largest absolute Gasteiger partial charge is 0.313 e. The lowest BCUT2D eigenvalue weighted by atomic mass is 9.66. The van der Waals surface area contributed by atoms with E-state index in [0.29, 0.717) is 5.41 Å². The predicted octanol–water partition coefficient (Wildman–Crippen LogP) is 3.69. The van der Waals surface area contributed by atoms with Gasteiger partial charge in [0.15, 0.2) is 0 Å². The molecule has 0 radical (unpaired) electrons. The molecule has 1 heteroatoms.